The number of aliphatic carboxylic acids is 1. The minimum absolute atomic E-state index is 0.0278. The fourth-order valence-electron chi connectivity index (χ4n) is 2.77. The number of hydrogen-bond donors (Lipinski definition) is 2. The summed E-state index contributed by atoms with van der Waals surface area (Å²) in [6.07, 6.45) is 3.08. The lowest BCUT2D eigenvalue weighted by molar-refractivity contribution is -0.155. The summed E-state index contributed by atoms with van der Waals surface area (Å²) in [5.74, 6) is -1.65. The Balaban J connectivity index is 1.64. The largest absolute Gasteiger partial charge is 0.477 e. The molecule has 2 N–H and O–H groups in total. The van der Waals surface area contributed by atoms with Crippen molar-refractivity contribution in [1.82, 2.24) is 10.2 Å². The van der Waals surface area contributed by atoms with Gasteiger partial charge < -0.3 is 10.4 Å². The second-order valence-corrected chi connectivity index (χ2v) is 6.08. The van der Waals surface area contributed by atoms with E-state index >= 15 is 0 Å². The highest BCUT2D eigenvalue weighted by Gasteiger charge is 2.51. The molecule has 0 aromatic carbocycles. The zero-order valence-electron chi connectivity index (χ0n) is 11.1. The van der Waals surface area contributed by atoms with Crippen LogP contribution < -0.4 is 5.32 Å². The summed E-state index contributed by atoms with van der Waals surface area (Å²) < 4.78 is 0. The third-order valence-electron chi connectivity index (χ3n) is 3.73. The van der Waals surface area contributed by atoms with E-state index in [1.165, 1.54) is 16.2 Å². The van der Waals surface area contributed by atoms with Crippen LogP contribution in [-0.4, -0.2) is 39.9 Å². The first kappa shape index (κ1) is 13.8. The predicted octanol–water partition coefficient (Wildman–Crippen LogP) is 0.748. The van der Waals surface area contributed by atoms with Crippen molar-refractivity contribution < 1.29 is 19.5 Å². The SMILES string of the molecule is O=C(Cc1cccs1)N[C@H]1C(=O)N2C(C(=O)O)=CCC[C@H]12. The van der Waals surface area contributed by atoms with Crippen molar-refractivity contribution in [3.63, 3.8) is 0 Å². The van der Waals surface area contributed by atoms with Crippen LogP contribution in [0.25, 0.3) is 0 Å². The number of carbonyl (C=O) groups excluding carboxylic acids is 2. The Morgan fingerprint density at radius 2 is 2.29 bits per heavy atom. The van der Waals surface area contributed by atoms with Crippen LogP contribution >= 0.6 is 11.3 Å². The summed E-state index contributed by atoms with van der Waals surface area (Å²) in [7, 11) is 0. The van der Waals surface area contributed by atoms with Gasteiger partial charge in [-0.1, -0.05) is 12.1 Å². The van der Waals surface area contributed by atoms with E-state index in [0.717, 1.165) is 4.88 Å². The molecule has 0 bridgehead atoms. The molecule has 3 heterocycles. The van der Waals surface area contributed by atoms with E-state index in [0.29, 0.717) is 12.8 Å². The Hall–Kier alpha value is -2.15. The van der Waals surface area contributed by atoms with Gasteiger partial charge in [0, 0.05) is 4.88 Å². The van der Waals surface area contributed by atoms with E-state index in [1.807, 2.05) is 17.5 Å². The van der Waals surface area contributed by atoms with Crippen LogP contribution in [0.2, 0.25) is 0 Å². The Morgan fingerprint density at radius 3 is 2.95 bits per heavy atom. The average molecular weight is 306 g/mol. The minimum atomic E-state index is -1.10. The molecule has 2 aliphatic rings. The molecule has 0 aliphatic carbocycles. The van der Waals surface area contributed by atoms with E-state index in [1.54, 1.807) is 6.08 Å². The lowest BCUT2D eigenvalue weighted by Gasteiger charge is -2.49. The van der Waals surface area contributed by atoms with E-state index in [2.05, 4.69) is 5.32 Å². The number of carbonyl (C=O) groups is 3. The molecular formula is C14H14N2O4S. The number of rotatable bonds is 4. The Kier molecular flexibility index (Phi) is 3.50. The summed E-state index contributed by atoms with van der Waals surface area (Å²) >= 11 is 1.49. The first-order valence-electron chi connectivity index (χ1n) is 6.66. The molecule has 1 aromatic rings. The smallest absolute Gasteiger partial charge is 0.352 e. The number of hydrogen-bond acceptors (Lipinski definition) is 4. The maximum absolute atomic E-state index is 12.1. The number of nitrogens with zero attached hydrogens (tertiary/aromatic N) is 1. The molecule has 3 rings (SSSR count). The van der Waals surface area contributed by atoms with Crippen molar-refractivity contribution in [2.75, 3.05) is 0 Å². The van der Waals surface area contributed by atoms with Crippen LogP contribution in [0.1, 0.15) is 17.7 Å². The van der Waals surface area contributed by atoms with Crippen molar-refractivity contribution in [2.45, 2.75) is 31.3 Å². The number of fused-ring (bicyclic) bond motifs is 1. The molecule has 1 fully saturated rings. The van der Waals surface area contributed by atoms with Gasteiger partial charge in [0.25, 0.3) is 5.91 Å². The summed E-state index contributed by atoms with van der Waals surface area (Å²) in [6.45, 7) is 0. The first-order chi connectivity index (χ1) is 10.1. The maximum Gasteiger partial charge on any atom is 0.352 e. The number of carboxylic acid groups (broad SMARTS) is 1. The summed E-state index contributed by atoms with van der Waals surface area (Å²) in [5, 5.41) is 13.7. The van der Waals surface area contributed by atoms with Crippen molar-refractivity contribution in [3.05, 3.63) is 34.2 Å². The zero-order chi connectivity index (χ0) is 15.0. The van der Waals surface area contributed by atoms with Gasteiger partial charge in [-0.3, -0.25) is 14.5 Å². The highest BCUT2D eigenvalue weighted by molar-refractivity contribution is 7.10. The van der Waals surface area contributed by atoms with Gasteiger partial charge >= 0.3 is 5.97 Å². The summed E-state index contributed by atoms with van der Waals surface area (Å²) in [6, 6.07) is 2.90. The van der Waals surface area contributed by atoms with Crippen molar-refractivity contribution in [1.29, 1.82) is 0 Å². The molecule has 21 heavy (non-hydrogen) atoms. The molecule has 1 saturated heterocycles. The molecule has 2 amide bonds. The zero-order valence-corrected chi connectivity index (χ0v) is 11.9. The van der Waals surface area contributed by atoms with Crippen LogP contribution in [0.3, 0.4) is 0 Å². The number of nitrogens with one attached hydrogen (secondary N) is 1. The van der Waals surface area contributed by atoms with E-state index < -0.39 is 12.0 Å². The van der Waals surface area contributed by atoms with Crippen LogP contribution in [0.4, 0.5) is 0 Å². The second kappa shape index (κ2) is 5.33. The number of thiophene rings is 1. The van der Waals surface area contributed by atoms with Gasteiger partial charge in [0.05, 0.1) is 12.5 Å². The Bertz CT molecular complexity index is 623. The van der Waals surface area contributed by atoms with Crippen molar-refractivity contribution >= 4 is 29.1 Å². The topological polar surface area (TPSA) is 86.7 Å². The van der Waals surface area contributed by atoms with Gasteiger partial charge in [-0.05, 0) is 24.3 Å². The number of allylic oxidation sites excluding steroid dienone is 1. The van der Waals surface area contributed by atoms with Crippen LogP contribution in [0, 0.1) is 0 Å². The van der Waals surface area contributed by atoms with E-state index in [4.69, 9.17) is 5.11 Å². The first-order valence-corrected chi connectivity index (χ1v) is 7.54. The lowest BCUT2D eigenvalue weighted by atomic mass is 9.86. The van der Waals surface area contributed by atoms with E-state index in [-0.39, 0.29) is 30.0 Å². The van der Waals surface area contributed by atoms with Crippen LogP contribution in [0.15, 0.2) is 29.3 Å². The lowest BCUT2D eigenvalue weighted by Crippen LogP contribution is -2.71. The van der Waals surface area contributed by atoms with Crippen LogP contribution in [0.5, 0.6) is 0 Å². The molecule has 2 aliphatic heterocycles. The van der Waals surface area contributed by atoms with Gasteiger partial charge in [-0.25, -0.2) is 4.79 Å². The van der Waals surface area contributed by atoms with Crippen molar-refractivity contribution in [3.8, 4) is 0 Å². The molecule has 0 saturated carbocycles. The summed E-state index contributed by atoms with van der Waals surface area (Å²) in [5.41, 5.74) is 0.0278. The maximum atomic E-state index is 12.1. The molecule has 2 atom stereocenters. The molecule has 0 spiro atoms. The molecule has 1 aromatic heterocycles. The molecule has 110 valence electrons. The normalized spacial score (nSPS) is 23.9. The second-order valence-electron chi connectivity index (χ2n) is 5.05. The molecular weight excluding hydrogens is 292 g/mol. The number of β-lactam (4-membered cyclic amide) rings is 1. The highest BCUT2D eigenvalue weighted by atomic mass is 32.1. The van der Waals surface area contributed by atoms with Gasteiger partial charge in [-0.15, -0.1) is 11.3 Å². The fraction of sp³-hybridized carbons (Fsp3) is 0.357. The Labute approximate surface area is 125 Å². The average Bonchev–Trinajstić information content (AvgIpc) is 2.96. The number of carboxylic acids is 1. The minimum Gasteiger partial charge on any atom is -0.477 e. The van der Waals surface area contributed by atoms with Gasteiger partial charge in [0.15, 0.2) is 0 Å². The molecule has 7 heteroatoms. The molecule has 6 nitrogen and oxygen atoms in total. The third kappa shape index (κ3) is 2.44. The predicted molar refractivity (Wildman–Crippen MR) is 75.5 cm³/mol. The highest BCUT2D eigenvalue weighted by Crippen LogP contribution is 2.33. The number of amides is 2. The van der Waals surface area contributed by atoms with Crippen molar-refractivity contribution in [2.24, 2.45) is 0 Å². The summed E-state index contributed by atoms with van der Waals surface area (Å²) in [4.78, 5) is 37.3. The third-order valence-corrected chi connectivity index (χ3v) is 4.61. The molecule has 0 radical (unpaired) electrons. The monoisotopic (exact) mass is 306 g/mol. The van der Waals surface area contributed by atoms with Crippen LogP contribution in [-0.2, 0) is 20.8 Å². The van der Waals surface area contributed by atoms with Gasteiger partial charge in [-0.2, -0.15) is 0 Å². The van der Waals surface area contributed by atoms with E-state index in [9.17, 15) is 14.4 Å². The molecule has 0 unspecified atom stereocenters. The van der Waals surface area contributed by atoms with Gasteiger partial charge in [0.2, 0.25) is 5.91 Å². The quantitative estimate of drug-likeness (QED) is 0.804. The fourth-order valence-corrected chi connectivity index (χ4v) is 3.47. The van der Waals surface area contributed by atoms with Gasteiger partial charge in [0.1, 0.15) is 11.7 Å². The standard InChI is InChI=1S/C14H14N2O4S/c17-11(7-8-3-2-6-21-8)15-12-9-4-1-5-10(14(19)20)16(9)13(12)18/h2-3,5-6,9,12H,1,4,7H2,(H,15,17)(H,19,20)/t9-,12-/m1/s1. The Morgan fingerprint density at radius 1 is 1.48 bits per heavy atom.